The number of rotatable bonds is 6. The number of ether oxygens (including phenoxy) is 1. The highest BCUT2D eigenvalue weighted by Gasteiger charge is 2.32. The Labute approximate surface area is 193 Å². The number of nitrogens with one attached hydrogen (secondary N) is 1. The first-order valence-corrected chi connectivity index (χ1v) is 10.6. The number of anilines is 1. The summed E-state index contributed by atoms with van der Waals surface area (Å²) in [5, 5.41) is 6.88. The number of nitrogens with zero attached hydrogens (tertiary/aromatic N) is 3. The standard InChI is InChI=1S/C22H22ClF3N4O3/c1-2-3-10-30-21(32)18(6-9-28-30)27-14-20(31)29-11-7-16(8-12-29)33-19-13-15(22(24,25)26)4-5-17(19)23/h4-6,9,13,16,27H,7-8,10-12,14H2,1H3. The molecule has 0 atom stereocenters. The van der Waals surface area contributed by atoms with Crippen LogP contribution in [-0.2, 0) is 17.5 Å². The number of likely N-dealkylation sites (tertiary alicyclic amines) is 1. The monoisotopic (exact) mass is 482 g/mol. The van der Waals surface area contributed by atoms with Crippen molar-refractivity contribution in [2.45, 2.75) is 38.6 Å². The predicted molar refractivity (Wildman–Crippen MR) is 117 cm³/mol. The number of piperidine rings is 1. The minimum absolute atomic E-state index is 0.0281. The van der Waals surface area contributed by atoms with Gasteiger partial charge < -0.3 is 15.0 Å². The van der Waals surface area contributed by atoms with Crippen molar-refractivity contribution < 1.29 is 22.7 Å². The van der Waals surface area contributed by atoms with Gasteiger partial charge >= 0.3 is 6.18 Å². The van der Waals surface area contributed by atoms with E-state index in [0.29, 0.717) is 25.9 Å². The largest absolute Gasteiger partial charge is 0.489 e. The third-order valence-electron chi connectivity index (χ3n) is 5.09. The average Bonchev–Trinajstić information content (AvgIpc) is 2.78. The molecule has 3 rings (SSSR count). The highest BCUT2D eigenvalue weighted by atomic mass is 35.5. The van der Waals surface area contributed by atoms with Crippen LogP contribution in [0.3, 0.4) is 0 Å². The Hall–Kier alpha value is -3.19. The van der Waals surface area contributed by atoms with E-state index in [0.717, 1.165) is 18.2 Å². The van der Waals surface area contributed by atoms with Crippen LogP contribution in [0.25, 0.3) is 0 Å². The lowest BCUT2D eigenvalue weighted by molar-refractivity contribution is -0.138. The Bertz CT molecular complexity index is 1120. The number of amides is 1. The number of carbonyl (C=O) groups is 1. The van der Waals surface area contributed by atoms with E-state index < -0.39 is 11.7 Å². The predicted octanol–water partition coefficient (Wildman–Crippen LogP) is 3.42. The summed E-state index contributed by atoms with van der Waals surface area (Å²) in [6.07, 6.45) is -2.53. The zero-order valence-electron chi connectivity index (χ0n) is 17.8. The lowest BCUT2D eigenvalue weighted by Gasteiger charge is -2.32. The molecule has 0 bridgehead atoms. The smallest absolute Gasteiger partial charge is 0.416 e. The fourth-order valence-electron chi connectivity index (χ4n) is 3.31. The van der Waals surface area contributed by atoms with E-state index in [4.69, 9.17) is 16.3 Å². The van der Waals surface area contributed by atoms with Gasteiger partial charge in [0, 0.05) is 32.1 Å². The molecule has 7 nitrogen and oxygen atoms in total. The summed E-state index contributed by atoms with van der Waals surface area (Å²) in [6, 6.07) is 4.44. The summed E-state index contributed by atoms with van der Waals surface area (Å²) in [6.45, 7) is 2.48. The van der Waals surface area contributed by atoms with E-state index in [-0.39, 0.29) is 47.1 Å². The molecule has 0 saturated carbocycles. The summed E-state index contributed by atoms with van der Waals surface area (Å²) in [7, 11) is 0. The molecule has 0 unspecified atom stereocenters. The summed E-state index contributed by atoms with van der Waals surface area (Å²) in [5.41, 5.74) is -0.968. The molecule has 33 heavy (non-hydrogen) atoms. The molecule has 1 aromatic heterocycles. The van der Waals surface area contributed by atoms with Crippen molar-refractivity contribution in [3.05, 3.63) is 51.4 Å². The van der Waals surface area contributed by atoms with Crippen LogP contribution in [0.4, 0.5) is 18.9 Å². The summed E-state index contributed by atoms with van der Waals surface area (Å²) in [5.74, 6) is 5.21. The SMILES string of the molecule is CC#CCn1nccc(NCC(=O)N2CCC(Oc3cc(C(F)(F)F)ccc3Cl)CC2)c1=O. The van der Waals surface area contributed by atoms with Crippen LogP contribution >= 0.6 is 11.6 Å². The van der Waals surface area contributed by atoms with Crippen LogP contribution in [-0.4, -0.2) is 46.3 Å². The molecule has 1 aromatic carbocycles. The van der Waals surface area contributed by atoms with Gasteiger partial charge in [-0.15, -0.1) is 5.92 Å². The molecular weight excluding hydrogens is 461 g/mol. The molecule has 11 heteroatoms. The average molecular weight is 483 g/mol. The van der Waals surface area contributed by atoms with Gasteiger partial charge in [0.25, 0.3) is 5.56 Å². The topological polar surface area (TPSA) is 76.5 Å². The molecule has 0 aliphatic carbocycles. The van der Waals surface area contributed by atoms with E-state index in [9.17, 15) is 22.8 Å². The van der Waals surface area contributed by atoms with Crippen molar-refractivity contribution in [3.8, 4) is 17.6 Å². The van der Waals surface area contributed by atoms with Gasteiger partial charge in [-0.05, 0) is 31.2 Å². The van der Waals surface area contributed by atoms with Crippen LogP contribution in [0.5, 0.6) is 5.75 Å². The van der Waals surface area contributed by atoms with Gasteiger partial charge in [-0.1, -0.05) is 17.5 Å². The Kier molecular flexibility index (Phi) is 7.87. The second-order valence-corrected chi connectivity index (χ2v) is 7.74. The molecular formula is C22H22ClF3N4O3. The van der Waals surface area contributed by atoms with Crippen LogP contribution in [0.2, 0.25) is 5.02 Å². The van der Waals surface area contributed by atoms with Gasteiger partial charge in [-0.3, -0.25) is 9.59 Å². The van der Waals surface area contributed by atoms with Crippen molar-refractivity contribution in [1.82, 2.24) is 14.7 Å². The number of carbonyl (C=O) groups excluding carboxylic acids is 1. The Balaban J connectivity index is 1.53. The minimum atomic E-state index is -4.49. The van der Waals surface area contributed by atoms with Crippen molar-refractivity contribution >= 4 is 23.2 Å². The number of aromatic nitrogens is 2. The zero-order valence-corrected chi connectivity index (χ0v) is 18.5. The molecule has 1 aliphatic heterocycles. The number of benzene rings is 1. The molecule has 1 N–H and O–H groups in total. The van der Waals surface area contributed by atoms with Gasteiger partial charge in [0.2, 0.25) is 5.91 Å². The maximum atomic E-state index is 12.9. The van der Waals surface area contributed by atoms with Gasteiger partial charge in [-0.25, -0.2) is 4.68 Å². The first-order valence-electron chi connectivity index (χ1n) is 10.2. The first kappa shape index (κ1) is 24.5. The van der Waals surface area contributed by atoms with Crippen LogP contribution < -0.4 is 15.6 Å². The van der Waals surface area contributed by atoms with E-state index in [1.54, 1.807) is 11.8 Å². The van der Waals surface area contributed by atoms with E-state index in [1.807, 2.05) is 0 Å². The van der Waals surface area contributed by atoms with Crippen molar-refractivity contribution in [2.75, 3.05) is 25.0 Å². The maximum Gasteiger partial charge on any atom is 0.416 e. The molecule has 1 amide bonds. The molecule has 2 aromatic rings. The van der Waals surface area contributed by atoms with Crippen molar-refractivity contribution in [2.24, 2.45) is 0 Å². The summed E-state index contributed by atoms with van der Waals surface area (Å²) < 4.78 is 45.7. The van der Waals surface area contributed by atoms with Crippen LogP contribution in [0.1, 0.15) is 25.3 Å². The number of alkyl halides is 3. The molecule has 176 valence electrons. The minimum Gasteiger partial charge on any atom is -0.489 e. The van der Waals surface area contributed by atoms with E-state index >= 15 is 0 Å². The quantitative estimate of drug-likeness (QED) is 0.638. The Morgan fingerprint density at radius 3 is 2.70 bits per heavy atom. The number of halogens is 4. The van der Waals surface area contributed by atoms with Crippen molar-refractivity contribution in [3.63, 3.8) is 0 Å². The number of hydrogen-bond acceptors (Lipinski definition) is 5. The van der Waals surface area contributed by atoms with E-state index in [2.05, 4.69) is 22.3 Å². The normalized spacial score (nSPS) is 14.4. The highest BCUT2D eigenvalue weighted by molar-refractivity contribution is 6.32. The third kappa shape index (κ3) is 6.42. The third-order valence-corrected chi connectivity index (χ3v) is 5.41. The Morgan fingerprint density at radius 2 is 2.03 bits per heavy atom. The van der Waals surface area contributed by atoms with Gasteiger partial charge in [-0.2, -0.15) is 18.3 Å². The highest BCUT2D eigenvalue weighted by Crippen LogP contribution is 2.36. The van der Waals surface area contributed by atoms with Crippen LogP contribution in [0, 0.1) is 11.8 Å². The van der Waals surface area contributed by atoms with E-state index in [1.165, 1.54) is 16.9 Å². The lowest BCUT2D eigenvalue weighted by atomic mass is 10.1. The Morgan fingerprint density at radius 1 is 1.30 bits per heavy atom. The number of hydrogen-bond donors (Lipinski definition) is 1. The second-order valence-electron chi connectivity index (χ2n) is 7.33. The summed E-state index contributed by atoms with van der Waals surface area (Å²) in [4.78, 5) is 26.5. The molecule has 0 radical (unpaired) electrons. The molecule has 1 saturated heterocycles. The van der Waals surface area contributed by atoms with Gasteiger partial charge in [0.15, 0.2) is 0 Å². The first-order chi connectivity index (χ1) is 15.7. The fourth-order valence-corrected chi connectivity index (χ4v) is 3.47. The molecule has 1 aliphatic rings. The van der Waals surface area contributed by atoms with Gasteiger partial charge in [0.1, 0.15) is 24.1 Å². The van der Waals surface area contributed by atoms with Crippen molar-refractivity contribution in [1.29, 1.82) is 0 Å². The second kappa shape index (κ2) is 10.6. The lowest BCUT2D eigenvalue weighted by Crippen LogP contribution is -2.44. The molecule has 1 fully saturated rings. The fraction of sp³-hybridized carbons (Fsp3) is 0.409. The maximum absolute atomic E-state index is 12.9. The van der Waals surface area contributed by atoms with Crippen LogP contribution in [0.15, 0.2) is 35.3 Å². The molecule has 2 heterocycles. The van der Waals surface area contributed by atoms with Gasteiger partial charge in [0.05, 0.1) is 17.1 Å². The molecule has 0 spiro atoms. The zero-order chi connectivity index (χ0) is 24.0. The summed E-state index contributed by atoms with van der Waals surface area (Å²) >= 11 is 5.99.